The van der Waals surface area contributed by atoms with Crippen LogP contribution in [-0.2, 0) is 19.1 Å². The first kappa shape index (κ1) is 31.7. The smallest absolute Gasteiger partial charge is 0.306 e. The molecule has 3 aromatic rings. The third-order valence-corrected chi connectivity index (χ3v) is 6.81. The fraction of sp³-hybridized carbons (Fsp3) is 0.382. The number of hydrogen-bond donors (Lipinski definition) is 2. The lowest BCUT2D eigenvalue weighted by Gasteiger charge is -2.32. The van der Waals surface area contributed by atoms with Gasteiger partial charge in [0.05, 0.1) is 6.61 Å². The lowest BCUT2D eigenvalue weighted by atomic mass is 9.83. The number of esters is 1. The lowest BCUT2D eigenvalue weighted by molar-refractivity contribution is -0.155. The summed E-state index contributed by atoms with van der Waals surface area (Å²) in [6.45, 7) is 5.87. The summed E-state index contributed by atoms with van der Waals surface area (Å²) in [6, 6.07) is 25.1. The molecule has 1 amide bonds. The molecule has 0 saturated carbocycles. The van der Waals surface area contributed by atoms with Crippen LogP contribution in [0.1, 0.15) is 57.3 Å². The number of hydrazine groups is 1. The molecule has 0 radical (unpaired) electrons. The van der Waals surface area contributed by atoms with Crippen molar-refractivity contribution in [3.8, 4) is 16.9 Å². The number of aliphatic hydroxyl groups is 1. The van der Waals surface area contributed by atoms with Gasteiger partial charge in [-0.2, -0.15) is 0 Å². The van der Waals surface area contributed by atoms with Gasteiger partial charge in [-0.3, -0.25) is 15.0 Å². The number of nitrogens with zero attached hydrogens (tertiary/aromatic N) is 2. The zero-order chi connectivity index (χ0) is 31.0. The maximum atomic E-state index is 14.0. The average Bonchev–Trinajstić information content (AvgIpc) is 3.37. The molecule has 2 N–H and O–H groups in total. The topological polar surface area (TPSA) is 110 Å². The van der Waals surface area contributed by atoms with Crippen LogP contribution >= 0.6 is 0 Å². The summed E-state index contributed by atoms with van der Waals surface area (Å²) in [5, 5.41) is 10.6. The Balaban J connectivity index is 1.73. The van der Waals surface area contributed by atoms with Gasteiger partial charge in [0.1, 0.15) is 11.4 Å². The number of aliphatic hydroxyl groups excluding tert-OH is 1. The van der Waals surface area contributed by atoms with E-state index < -0.39 is 29.1 Å². The molecule has 0 bridgehead atoms. The Labute approximate surface area is 253 Å². The average molecular weight is 588 g/mol. The minimum Gasteiger partial charge on any atom is -0.494 e. The molecule has 1 aliphatic rings. The highest BCUT2D eigenvalue weighted by Gasteiger charge is 2.53. The quantitative estimate of drug-likeness (QED) is 0.173. The highest BCUT2D eigenvalue weighted by molar-refractivity contribution is 6.01. The maximum Gasteiger partial charge on any atom is 0.306 e. The minimum absolute atomic E-state index is 0.0332. The van der Waals surface area contributed by atoms with E-state index in [1.54, 1.807) is 31.2 Å². The summed E-state index contributed by atoms with van der Waals surface area (Å²) >= 11 is 0. The van der Waals surface area contributed by atoms with Gasteiger partial charge in [-0.25, -0.2) is 10.0 Å². The van der Waals surface area contributed by atoms with Crippen molar-refractivity contribution in [2.24, 2.45) is 4.99 Å². The fourth-order valence-electron chi connectivity index (χ4n) is 4.84. The second-order valence-corrected chi connectivity index (χ2v) is 11.7. The molecule has 3 aromatic carbocycles. The van der Waals surface area contributed by atoms with Crippen molar-refractivity contribution in [2.75, 3.05) is 27.3 Å². The van der Waals surface area contributed by atoms with Crippen molar-refractivity contribution in [2.45, 2.75) is 57.3 Å². The molecule has 228 valence electrons. The highest BCUT2D eigenvalue weighted by atomic mass is 16.6. The number of rotatable bonds is 12. The van der Waals surface area contributed by atoms with E-state index in [1.807, 2.05) is 87.5 Å². The van der Waals surface area contributed by atoms with E-state index in [2.05, 4.69) is 5.43 Å². The van der Waals surface area contributed by atoms with Crippen molar-refractivity contribution in [1.82, 2.24) is 10.4 Å². The van der Waals surface area contributed by atoms with Gasteiger partial charge >= 0.3 is 5.97 Å². The summed E-state index contributed by atoms with van der Waals surface area (Å²) in [5.74, 6) is 0.121. The molecule has 0 aliphatic carbocycles. The van der Waals surface area contributed by atoms with Gasteiger partial charge in [-0.1, -0.05) is 54.6 Å². The molecule has 0 spiro atoms. The molecule has 2 atom stereocenters. The van der Waals surface area contributed by atoms with Gasteiger partial charge in [0.2, 0.25) is 5.90 Å². The Kier molecular flexibility index (Phi) is 10.2. The minimum atomic E-state index is -1.46. The second kappa shape index (κ2) is 13.8. The van der Waals surface area contributed by atoms with Crippen LogP contribution in [0.25, 0.3) is 11.1 Å². The van der Waals surface area contributed by atoms with E-state index in [0.717, 1.165) is 16.7 Å². The summed E-state index contributed by atoms with van der Waals surface area (Å²) in [6.07, 6.45) is -0.244. The molecule has 1 heterocycles. The first-order valence-corrected chi connectivity index (χ1v) is 14.5. The second-order valence-electron chi connectivity index (χ2n) is 11.7. The number of ether oxygens (including phenoxy) is 3. The zero-order valence-corrected chi connectivity index (χ0v) is 25.5. The summed E-state index contributed by atoms with van der Waals surface area (Å²) in [7, 11) is 3.44. The number of aliphatic imine (C=N–C) groups is 1. The van der Waals surface area contributed by atoms with Crippen molar-refractivity contribution >= 4 is 17.8 Å². The Hall–Kier alpha value is -4.21. The number of carbonyl (C=O) groups is 2. The van der Waals surface area contributed by atoms with E-state index in [1.165, 1.54) is 0 Å². The number of hydrogen-bond acceptors (Lipinski definition) is 8. The molecule has 43 heavy (non-hydrogen) atoms. The number of amides is 1. The Bertz CT molecular complexity index is 1400. The van der Waals surface area contributed by atoms with Crippen molar-refractivity contribution in [3.05, 3.63) is 90.0 Å². The van der Waals surface area contributed by atoms with Crippen molar-refractivity contribution in [1.29, 1.82) is 0 Å². The van der Waals surface area contributed by atoms with Gasteiger partial charge in [-0.15, -0.1) is 0 Å². The van der Waals surface area contributed by atoms with Crippen molar-refractivity contribution < 1.29 is 28.9 Å². The SMILES string of the molecule is CN(C)NC(=O)[C@@]1(CCC(=O)OC(C)(C)C)N=C(c2ccc(OCCCO)cc2)O[C@H]1c1ccc(-c2ccccc2)cc1. The molecule has 1 aliphatic heterocycles. The first-order valence-electron chi connectivity index (χ1n) is 14.5. The summed E-state index contributed by atoms with van der Waals surface area (Å²) in [5.41, 5.74) is 4.25. The van der Waals surface area contributed by atoms with Crippen LogP contribution in [-0.4, -0.2) is 66.3 Å². The van der Waals surface area contributed by atoms with Gasteiger partial charge in [0.15, 0.2) is 11.6 Å². The van der Waals surface area contributed by atoms with Gasteiger partial charge in [-0.05, 0) is 68.1 Å². The molecular weight excluding hydrogens is 546 g/mol. The van der Waals surface area contributed by atoms with Gasteiger partial charge < -0.3 is 19.3 Å². The van der Waals surface area contributed by atoms with E-state index in [9.17, 15) is 9.59 Å². The fourth-order valence-corrected chi connectivity index (χ4v) is 4.84. The molecule has 0 fully saturated rings. The predicted octanol–water partition coefficient (Wildman–Crippen LogP) is 5.09. The van der Waals surface area contributed by atoms with Crippen LogP contribution in [0.4, 0.5) is 0 Å². The number of benzene rings is 3. The Morgan fingerprint density at radius 2 is 1.58 bits per heavy atom. The Morgan fingerprint density at radius 3 is 2.19 bits per heavy atom. The molecular formula is C34H41N3O6. The van der Waals surface area contributed by atoms with Crippen LogP contribution in [0, 0.1) is 0 Å². The summed E-state index contributed by atoms with van der Waals surface area (Å²) < 4.78 is 17.8. The normalized spacial score (nSPS) is 18.1. The van der Waals surface area contributed by atoms with Crippen LogP contribution in [0.15, 0.2) is 83.9 Å². The molecule has 9 nitrogen and oxygen atoms in total. The molecule has 4 rings (SSSR count). The molecule has 9 heteroatoms. The molecule has 0 aromatic heterocycles. The maximum absolute atomic E-state index is 14.0. The van der Waals surface area contributed by atoms with Crippen LogP contribution in [0.5, 0.6) is 5.75 Å². The zero-order valence-electron chi connectivity index (χ0n) is 25.5. The van der Waals surface area contributed by atoms with E-state index >= 15 is 0 Å². The third-order valence-electron chi connectivity index (χ3n) is 6.81. The van der Waals surface area contributed by atoms with E-state index in [0.29, 0.717) is 24.3 Å². The standard InChI is InChI=1S/C34H41N3O6/c1-33(2,3)43-29(39)20-21-34(32(40)36-37(4)5)30(26-14-12-25(13-15-26)24-10-7-6-8-11-24)42-31(35-34)27-16-18-28(19-17-27)41-23-9-22-38/h6-8,10-19,30,38H,9,20-23H2,1-5H3,(H,36,40)/t30-,34-/m0/s1. The van der Waals surface area contributed by atoms with E-state index in [-0.39, 0.29) is 25.3 Å². The summed E-state index contributed by atoms with van der Waals surface area (Å²) in [4.78, 5) is 31.8. The van der Waals surface area contributed by atoms with Crippen LogP contribution in [0.3, 0.4) is 0 Å². The highest BCUT2D eigenvalue weighted by Crippen LogP contribution is 2.44. The van der Waals surface area contributed by atoms with E-state index in [4.69, 9.17) is 24.3 Å². The van der Waals surface area contributed by atoms with Crippen LogP contribution < -0.4 is 10.2 Å². The largest absolute Gasteiger partial charge is 0.494 e. The number of carbonyl (C=O) groups excluding carboxylic acids is 2. The molecule has 0 unspecified atom stereocenters. The monoisotopic (exact) mass is 587 g/mol. The van der Waals surface area contributed by atoms with Crippen molar-refractivity contribution in [3.63, 3.8) is 0 Å². The molecule has 0 saturated heterocycles. The van der Waals surface area contributed by atoms with Gasteiger partial charge in [0.25, 0.3) is 5.91 Å². The Morgan fingerprint density at radius 1 is 0.953 bits per heavy atom. The number of nitrogens with one attached hydrogen (secondary N) is 1. The first-order chi connectivity index (χ1) is 20.5. The third kappa shape index (κ3) is 8.21. The lowest BCUT2D eigenvalue weighted by Crippen LogP contribution is -2.52. The van der Waals surface area contributed by atoms with Crippen LogP contribution in [0.2, 0.25) is 0 Å². The van der Waals surface area contributed by atoms with Gasteiger partial charge in [0, 0.05) is 39.1 Å². The predicted molar refractivity (Wildman–Crippen MR) is 166 cm³/mol.